The van der Waals surface area contributed by atoms with E-state index in [2.05, 4.69) is 46.8 Å². The van der Waals surface area contributed by atoms with Crippen molar-refractivity contribution >= 4 is 5.97 Å². The van der Waals surface area contributed by atoms with E-state index in [0.717, 1.165) is 24.8 Å². The number of esters is 1. The zero-order chi connectivity index (χ0) is 18.1. The highest BCUT2D eigenvalue weighted by Gasteiger charge is 2.80. The molecule has 0 unspecified atom stereocenters. The van der Waals surface area contributed by atoms with Crippen molar-refractivity contribution < 1.29 is 14.3 Å². The molecule has 3 nitrogen and oxygen atoms in total. The molecule has 0 aromatic heterocycles. The Kier molecular flexibility index (Phi) is 3.48. The van der Waals surface area contributed by atoms with Crippen LogP contribution in [0.2, 0.25) is 0 Å². The summed E-state index contributed by atoms with van der Waals surface area (Å²) >= 11 is 0. The Morgan fingerprint density at radius 3 is 2.48 bits per heavy atom. The van der Waals surface area contributed by atoms with Crippen LogP contribution in [0.15, 0.2) is 30.3 Å². The fourth-order valence-electron chi connectivity index (χ4n) is 6.66. The Bertz CT molecular complexity index is 692. The van der Waals surface area contributed by atoms with E-state index >= 15 is 0 Å². The lowest BCUT2D eigenvalue weighted by Gasteiger charge is -2.40. The number of cyclic esters (lactones) is 1. The normalized spacial score (nSPS) is 40.6. The van der Waals surface area contributed by atoms with Gasteiger partial charge < -0.3 is 9.47 Å². The third kappa shape index (κ3) is 2.11. The van der Waals surface area contributed by atoms with Crippen molar-refractivity contribution in [3.05, 3.63) is 35.9 Å². The quantitative estimate of drug-likeness (QED) is 0.744. The minimum Gasteiger partial charge on any atom is -0.459 e. The lowest BCUT2D eigenvalue weighted by Crippen LogP contribution is -2.50. The van der Waals surface area contributed by atoms with Crippen LogP contribution in [-0.2, 0) is 20.9 Å². The largest absolute Gasteiger partial charge is 0.459 e. The summed E-state index contributed by atoms with van der Waals surface area (Å²) < 4.78 is 12.5. The topological polar surface area (TPSA) is 35.5 Å². The molecule has 136 valence electrons. The maximum atomic E-state index is 13.3. The first-order valence-electron chi connectivity index (χ1n) is 9.52. The van der Waals surface area contributed by atoms with Crippen molar-refractivity contribution in [3.8, 4) is 0 Å². The molecule has 0 N–H and O–H groups in total. The Morgan fingerprint density at radius 2 is 1.80 bits per heavy atom. The Morgan fingerprint density at radius 1 is 1.12 bits per heavy atom. The summed E-state index contributed by atoms with van der Waals surface area (Å²) in [5.74, 6) is 0.214. The van der Waals surface area contributed by atoms with E-state index in [1.807, 2.05) is 18.2 Å². The monoisotopic (exact) mass is 342 g/mol. The van der Waals surface area contributed by atoms with Crippen LogP contribution < -0.4 is 0 Å². The summed E-state index contributed by atoms with van der Waals surface area (Å²) in [7, 11) is 0. The van der Waals surface area contributed by atoms with Gasteiger partial charge in [-0.3, -0.25) is 4.79 Å². The first kappa shape index (κ1) is 17.1. The average Bonchev–Trinajstić information content (AvgIpc) is 2.98. The number of rotatable bonds is 3. The molecule has 0 amide bonds. The van der Waals surface area contributed by atoms with Crippen LogP contribution in [0.4, 0.5) is 0 Å². The number of ether oxygens (including phenoxy) is 2. The van der Waals surface area contributed by atoms with Crippen molar-refractivity contribution in [3.63, 3.8) is 0 Å². The molecular weight excluding hydrogens is 312 g/mol. The van der Waals surface area contributed by atoms with E-state index in [-0.39, 0.29) is 28.8 Å². The Labute approximate surface area is 151 Å². The maximum absolute atomic E-state index is 13.3. The van der Waals surface area contributed by atoms with Gasteiger partial charge in [0.15, 0.2) is 0 Å². The minimum absolute atomic E-state index is 0.0221. The number of hydrogen-bond donors (Lipinski definition) is 0. The second-order valence-corrected chi connectivity index (χ2v) is 9.86. The fraction of sp³-hybridized carbons (Fsp3) is 0.682. The Balaban J connectivity index is 1.74. The molecule has 25 heavy (non-hydrogen) atoms. The molecule has 4 rings (SSSR count). The number of carbonyl (C=O) groups excluding carboxylic acids is 1. The molecule has 1 aromatic carbocycles. The lowest BCUT2D eigenvalue weighted by atomic mass is 9.62. The Hall–Kier alpha value is -1.35. The van der Waals surface area contributed by atoms with Gasteiger partial charge >= 0.3 is 5.97 Å². The summed E-state index contributed by atoms with van der Waals surface area (Å²) in [6.45, 7) is 11.5. The highest BCUT2D eigenvalue weighted by molar-refractivity contribution is 5.84. The second-order valence-electron chi connectivity index (χ2n) is 9.86. The van der Waals surface area contributed by atoms with Crippen molar-refractivity contribution in [1.82, 2.24) is 0 Å². The van der Waals surface area contributed by atoms with E-state index in [9.17, 15) is 4.79 Å². The van der Waals surface area contributed by atoms with Crippen LogP contribution in [0.1, 0.15) is 59.4 Å². The highest BCUT2D eigenvalue weighted by Crippen LogP contribution is 2.75. The summed E-state index contributed by atoms with van der Waals surface area (Å²) in [5.41, 5.74) is 0.177. The first-order valence-corrected chi connectivity index (χ1v) is 9.52. The van der Waals surface area contributed by atoms with Gasteiger partial charge in [0.25, 0.3) is 0 Å². The highest BCUT2D eigenvalue weighted by atomic mass is 16.6. The van der Waals surface area contributed by atoms with Crippen LogP contribution in [0.5, 0.6) is 0 Å². The molecule has 1 saturated heterocycles. The molecule has 1 aromatic rings. The summed E-state index contributed by atoms with van der Waals surface area (Å²) in [6, 6.07) is 10.3. The maximum Gasteiger partial charge on any atom is 0.316 e. The number of carbonyl (C=O) groups is 1. The minimum atomic E-state index is -0.505. The van der Waals surface area contributed by atoms with E-state index in [1.165, 1.54) is 0 Å². The molecule has 2 aliphatic carbocycles. The van der Waals surface area contributed by atoms with Gasteiger partial charge in [0.1, 0.15) is 11.0 Å². The van der Waals surface area contributed by atoms with Crippen LogP contribution in [-0.4, -0.2) is 17.7 Å². The molecule has 3 fully saturated rings. The van der Waals surface area contributed by atoms with Crippen molar-refractivity contribution in [2.75, 3.05) is 0 Å². The molecule has 3 heteroatoms. The molecule has 3 aliphatic rings. The van der Waals surface area contributed by atoms with E-state index < -0.39 is 11.0 Å². The van der Waals surface area contributed by atoms with E-state index in [1.54, 1.807) is 0 Å². The zero-order valence-corrected chi connectivity index (χ0v) is 16.1. The fourth-order valence-corrected chi connectivity index (χ4v) is 6.66. The molecule has 4 atom stereocenters. The molecular formula is C22H30O3. The first-order chi connectivity index (χ1) is 11.6. The predicted molar refractivity (Wildman–Crippen MR) is 96.9 cm³/mol. The van der Waals surface area contributed by atoms with Gasteiger partial charge in [0.2, 0.25) is 0 Å². The van der Waals surface area contributed by atoms with Crippen LogP contribution in [0, 0.1) is 22.2 Å². The van der Waals surface area contributed by atoms with E-state index in [4.69, 9.17) is 9.47 Å². The molecule has 2 saturated carbocycles. The number of benzene rings is 1. The molecule has 0 radical (unpaired) electrons. The van der Waals surface area contributed by atoms with Gasteiger partial charge in [-0.25, -0.2) is 0 Å². The van der Waals surface area contributed by atoms with Gasteiger partial charge in [-0.05, 0) is 49.5 Å². The zero-order valence-electron chi connectivity index (χ0n) is 16.1. The summed E-state index contributed by atoms with van der Waals surface area (Å²) in [4.78, 5) is 13.3. The van der Waals surface area contributed by atoms with E-state index in [0.29, 0.717) is 6.61 Å². The van der Waals surface area contributed by atoms with Crippen molar-refractivity contribution in [1.29, 1.82) is 0 Å². The smallest absolute Gasteiger partial charge is 0.316 e. The molecule has 1 aliphatic heterocycles. The van der Waals surface area contributed by atoms with Crippen molar-refractivity contribution in [2.45, 2.75) is 72.2 Å². The van der Waals surface area contributed by atoms with Gasteiger partial charge in [-0.1, -0.05) is 51.1 Å². The van der Waals surface area contributed by atoms with Crippen LogP contribution in [0.3, 0.4) is 0 Å². The van der Waals surface area contributed by atoms with Gasteiger partial charge in [0, 0.05) is 5.92 Å². The average molecular weight is 342 g/mol. The lowest BCUT2D eigenvalue weighted by molar-refractivity contribution is -0.166. The molecule has 1 heterocycles. The van der Waals surface area contributed by atoms with Gasteiger partial charge in [-0.2, -0.15) is 0 Å². The standard InChI is InChI=1S/C22H30O3/c1-19(2)14-21(5)12-11-16-20(3,4)25-18(23)22(16,21)17(19)24-13-15-9-7-6-8-10-15/h6-10,16-17H,11-14H2,1-5H3/t16-,17-,21-,22+/m0/s1. The summed E-state index contributed by atoms with van der Waals surface area (Å²) in [6.07, 6.45) is 3.05. The number of hydrogen-bond acceptors (Lipinski definition) is 3. The van der Waals surface area contributed by atoms with Gasteiger partial charge in [-0.15, -0.1) is 0 Å². The third-order valence-corrected chi connectivity index (χ3v) is 7.29. The summed E-state index contributed by atoms with van der Waals surface area (Å²) in [5, 5.41) is 0. The molecule has 1 spiro atoms. The van der Waals surface area contributed by atoms with Crippen LogP contribution >= 0.6 is 0 Å². The third-order valence-electron chi connectivity index (χ3n) is 7.29. The van der Waals surface area contributed by atoms with Crippen molar-refractivity contribution in [2.24, 2.45) is 22.2 Å². The SMILES string of the molecule is CC1(C)C[C@]2(C)CC[C@H]3C(C)(C)OC(=O)[C@]32[C@H]1OCc1ccccc1. The van der Waals surface area contributed by atoms with Crippen LogP contribution in [0.25, 0.3) is 0 Å². The van der Waals surface area contributed by atoms with Gasteiger partial charge in [0.05, 0.1) is 12.7 Å². The molecule has 0 bridgehead atoms. The second kappa shape index (κ2) is 5.09. The predicted octanol–water partition coefficient (Wildman–Crippen LogP) is 4.74.